The molecule has 1 aromatic carbocycles. The summed E-state index contributed by atoms with van der Waals surface area (Å²) in [7, 11) is -1.81. The maximum atomic E-state index is 7.89. The van der Waals surface area contributed by atoms with Gasteiger partial charge in [0.2, 0.25) is 5.90 Å². The molecule has 0 spiro atoms. The number of ether oxygens (including phenoxy) is 1. The van der Waals surface area contributed by atoms with Gasteiger partial charge in [0.25, 0.3) is 3.79 Å². The Morgan fingerprint density at radius 2 is 1.72 bits per heavy atom. The third kappa shape index (κ3) is 9.88. The zero-order chi connectivity index (χ0) is 22.3. The predicted molar refractivity (Wildman–Crippen MR) is 129 cm³/mol. The normalized spacial score (nSPS) is 15.3. The molecule has 0 unspecified atom stereocenters. The summed E-state index contributed by atoms with van der Waals surface area (Å²) in [6.07, 6.45) is 5.99. The fraction of sp³-hybridized carbons (Fsp3) is 0.591. The molecule has 164 valence electrons. The lowest BCUT2D eigenvalue weighted by molar-refractivity contribution is 0.199. The highest BCUT2D eigenvalue weighted by molar-refractivity contribution is 6.76. The molecule has 0 saturated heterocycles. The van der Waals surface area contributed by atoms with Crippen molar-refractivity contribution in [3.8, 4) is 0 Å². The van der Waals surface area contributed by atoms with Crippen LogP contribution in [0.4, 0.5) is 0 Å². The van der Waals surface area contributed by atoms with E-state index in [1.807, 2.05) is 30.4 Å². The first-order chi connectivity index (χ1) is 13.2. The van der Waals surface area contributed by atoms with Crippen LogP contribution >= 0.6 is 34.8 Å². The maximum absolute atomic E-state index is 7.89. The van der Waals surface area contributed by atoms with Crippen molar-refractivity contribution in [3.05, 3.63) is 48.0 Å². The minimum Gasteiger partial charge on any atom is -0.470 e. The van der Waals surface area contributed by atoms with Crippen LogP contribution in [0.3, 0.4) is 0 Å². The Kier molecular flexibility index (Phi) is 10.2. The fourth-order valence-electron chi connectivity index (χ4n) is 2.52. The molecule has 29 heavy (non-hydrogen) atoms. The van der Waals surface area contributed by atoms with E-state index < -0.39 is 12.1 Å². The van der Waals surface area contributed by atoms with Crippen molar-refractivity contribution in [2.45, 2.75) is 81.1 Å². The number of hydrogen-bond donors (Lipinski definition) is 1. The second-order valence-electron chi connectivity index (χ2n) is 8.86. The molecule has 2 atom stereocenters. The van der Waals surface area contributed by atoms with E-state index >= 15 is 0 Å². The third-order valence-corrected chi connectivity index (χ3v) is 10.3. The second kappa shape index (κ2) is 11.2. The van der Waals surface area contributed by atoms with Gasteiger partial charge in [-0.25, -0.2) is 0 Å². The first-order valence-electron chi connectivity index (χ1n) is 9.93. The Balaban J connectivity index is 2.73. The van der Waals surface area contributed by atoms with E-state index in [1.165, 1.54) is 5.56 Å². The van der Waals surface area contributed by atoms with E-state index in [0.29, 0.717) is 6.42 Å². The summed E-state index contributed by atoms with van der Waals surface area (Å²) in [5.41, 5.74) is 1.20. The van der Waals surface area contributed by atoms with Gasteiger partial charge in [0, 0.05) is 6.10 Å². The number of alkyl halides is 3. The molecule has 0 aromatic heterocycles. The van der Waals surface area contributed by atoms with Crippen LogP contribution in [0.25, 0.3) is 0 Å². The average Bonchev–Trinajstić information content (AvgIpc) is 2.58. The SMILES string of the molecule is C[C@@H](C/C=C/[C@@H](CCc1ccccc1)OC(=N)C(Cl)(Cl)Cl)O[Si](C)(C)C(C)(C)C. The third-order valence-electron chi connectivity index (χ3n) is 5.21. The Bertz CT molecular complexity index is 667. The lowest BCUT2D eigenvalue weighted by Gasteiger charge is -2.38. The summed E-state index contributed by atoms with van der Waals surface area (Å²) in [5.74, 6) is -0.365. The van der Waals surface area contributed by atoms with E-state index in [9.17, 15) is 0 Å². The van der Waals surface area contributed by atoms with Crippen molar-refractivity contribution < 1.29 is 9.16 Å². The van der Waals surface area contributed by atoms with Crippen LogP contribution in [0.2, 0.25) is 18.1 Å². The highest BCUT2D eigenvalue weighted by atomic mass is 35.6. The highest BCUT2D eigenvalue weighted by Crippen LogP contribution is 2.37. The molecule has 1 rings (SSSR count). The summed E-state index contributed by atoms with van der Waals surface area (Å²) in [6.45, 7) is 13.3. The summed E-state index contributed by atoms with van der Waals surface area (Å²) in [4.78, 5) is 0. The number of aryl methyl sites for hydroxylation is 1. The van der Waals surface area contributed by atoms with Crippen molar-refractivity contribution in [2.24, 2.45) is 0 Å². The molecule has 0 aliphatic rings. The first kappa shape index (κ1) is 26.5. The monoisotopic (exact) mass is 477 g/mol. The Morgan fingerprint density at radius 3 is 2.24 bits per heavy atom. The van der Waals surface area contributed by atoms with E-state index in [0.717, 1.165) is 12.8 Å². The largest absolute Gasteiger partial charge is 0.470 e. The summed E-state index contributed by atoms with van der Waals surface area (Å²) in [6, 6.07) is 10.1. The Labute approximate surface area is 192 Å². The van der Waals surface area contributed by atoms with Crippen LogP contribution in [0.15, 0.2) is 42.5 Å². The molecule has 1 N–H and O–H groups in total. The van der Waals surface area contributed by atoms with Crippen molar-refractivity contribution in [1.29, 1.82) is 5.41 Å². The predicted octanol–water partition coefficient (Wildman–Crippen LogP) is 7.71. The summed E-state index contributed by atoms with van der Waals surface area (Å²) in [5, 5.41) is 8.06. The molecule has 0 fully saturated rings. The van der Waals surface area contributed by atoms with Crippen LogP contribution in [-0.4, -0.2) is 30.2 Å². The van der Waals surface area contributed by atoms with E-state index in [2.05, 4.69) is 52.9 Å². The van der Waals surface area contributed by atoms with Crippen LogP contribution in [0.1, 0.15) is 46.1 Å². The fourth-order valence-corrected chi connectivity index (χ4v) is 4.11. The standard InChI is InChI=1S/C22H34Cl3NO2Si/c1-17(28-29(5,6)21(2,3)4)11-10-14-19(27-20(26)22(23,24)25)16-15-18-12-8-7-9-13-18/h7-10,12-14,17,19,26H,11,15-16H2,1-6H3/b14-10+,26-20?/t17-,19-/m0/s1. The number of hydrogen-bond acceptors (Lipinski definition) is 3. The Morgan fingerprint density at radius 1 is 1.14 bits per heavy atom. The van der Waals surface area contributed by atoms with E-state index in [4.69, 9.17) is 49.4 Å². The second-order valence-corrected chi connectivity index (χ2v) is 15.9. The molecule has 3 nitrogen and oxygen atoms in total. The molecular weight excluding hydrogens is 445 g/mol. The van der Waals surface area contributed by atoms with E-state index in [1.54, 1.807) is 0 Å². The molecule has 7 heteroatoms. The van der Waals surface area contributed by atoms with Gasteiger partial charge < -0.3 is 9.16 Å². The molecule has 0 aliphatic heterocycles. The highest BCUT2D eigenvalue weighted by Gasteiger charge is 2.38. The molecule has 0 bridgehead atoms. The molecule has 0 saturated carbocycles. The van der Waals surface area contributed by atoms with Crippen molar-refractivity contribution in [1.82, 2.24) is 0 Å². The van der Waals surface area contributed by atoms with Gasteiger partial charge in [-0.15, -0.1) is 0 Å². The van der Waals surface area contributed by atoms with Gasteiger partial charge in [0.1, 0.15) is 6.10 Å². The van der Waals surface area contributed by atoms with Gasteiger partial charge in [-0.1, -0.05) is 92.0 Å². The molecule has 0 radical (unpaired) electrons. The first-order valence-corrected chi connectivity index (χ1v) is 14.0. The topological polar surface area (TPSA) is 42.3 Å². The van der Waals surface area contributed by atoms with Gasteiger partial charge in [-0.2, -0.15) is 0 Å². The molecule has 1 aromatic rings. The van der Waals surface area contributed by atoms with Crippen molar-refractivity contribution in [3.63, 3.8) is 0 Å². The van der Waals surface area contributed by atoms with Crippen LogP contribution < -0.4 is 0 Å². The van der Waals surface area contributed by atoms with Gasteiger partial charge in [0.05, 0.1) is 0 Å². The molecular formula is C22H34Cl3NO2Si. The molecule has 0 heterocycles. The number of nitrogens with one attached hydrogen (secondary N) is 1. The smallest absolute Gasteiger partial charge is 0.265 e. The van der Waals surface area contributed by atoms with Gasteiger partial charge in [0.15, 0.2) is 8.32 Å². The average molecular weight is 479 g/mol. The zero-order valence-corrected chi connectivity index (χ0v) is 21.5. The Hall–Kier alpha value is -0.523. The lowest BCUT2D eigenvalue weighted by atomic mass is 10.1. The molecule has 0 aliphatic carbocycles. The minimum absolute atomic E-state index is 0.106. The van der Waals surface area contributed by atoms with Crippen molar-refractivity contribution in [2.75, 3.05) is 0 Å². The van der Waals surface area contributed by atoms with Crippen LogP contribution in [0, 0.1) is 5.41 Å². The quantitative estimate of drug-likeness (QED) is 0.130. The van der Waals surface area contributed by atoms with E-state index in [-0.39, 0.29) is 23.1 Å². The van der Waals surface area contributed by atoms with Crippen LogP contribution in [0.5, 0.6) is 0 Å². The zero-order valence-electron chi connectivity index (χ0n) is 18.3. The van der Waals surface area contributed by atoms with Gasteiger partial charge in [-0.3, -0.25) is 5.41 Å². The molecule has 0 amide bonds. The minimum atomic E-state index is -1.86. The summed E-state index contributed by atoms with van der Waals surface area (Å²) >= 11 is 17.4. The van der Waals surface area contributed by atoms with Crippen molar-refractivity contribution >= 4 is 49.0 Å². The van der Waals surface area contributed by atoms with Gasteiger partial charge >= 0.3 is 0 Å². The van der Waals surface area contributed by atoms with Crippen LogP contribution in [-0.2, 0) is 15.6 Å². The maximum Gasteiger partial charge on any atom is 0.265 e. The van der Waals surface area contributed by atoms with Gasteiger partial charge in [-0.05, 0) is 56.0 Å². The summed E-state index contributed by atoms with van der Waals surface area (Å²) < 4.78 is 10.2. The number of benzene rings is 1. The lowest BCUT2D eigenvalue weighted by Crippen LogP contribution is -2.43. The number of rotatable bonds is 9. The number of halogens is 3.